The van der Waals surface area contributed by atoms with E-state index in [2.05, 4.69) is 35.4 Å². The lowest BCUT2D eigenvalue weighted by atomic mass is 10.00. The fourth-order valence-electron chi connectivity index (χ4n) is 2.59. The van der Waals surface area contributed by atoms with E-state index < -0.39 is 0 Å². The van der Waals surface area contributed by atoms with Crippen LogP contribution in [0.25, 0.3) is 0 Å². The van der Waals surface area contributed by atoms with Gasteiger partial charge >= 0.3 is 0 Å². The van der Waals surface area contributed by atoms with Crippen LogP contribution in [0.15, 0.2) is 28.9 Å². The molecule has 0 saturated carbocycles. The Morgan fingerprint density at radius 3 is 2.62 bits per heavy atom. The van der Waals surface area contributed by atoms with Crippen LogP contribution >= 0.6 is 0 Å². The van der Waals surface area contributed by atoms with E-state index in [1.54, 1.807) is 0 Å². The van der Waals surface area contributed by atoms with Crippen molar-refractivity contribution < 1.29 is 4.52 Å². The first-order chi connectivity index (χ1) is 10.1. The van der Waals surface area contributed by atoms with Crippen LogP contribution in [-0.2, 0) is 6.42 Å². The third-order valence-electron chi connectivity index (χ3n) is 3.70. The number of hydrogen-bond acceptors (Lipinski definition) is 4. The minimum atomic E-state index is 0.298. The molecule has 114 valence electrons. The van der Waals surface area contributed by atoms with Crippen molar-refractivity contribution in [3.63, 3.8) is 0 Å². The predicted octanol–water partition coefficient (Wildman–Crippen LogP) is 3.61. The van der Waals surface area contributed by atoms with Crippen molar-refractivity contribution in [1.82, 2.24) is 15.5 Å². The topological polar surface area (TPSA) is 51.0 Å². The molecule has 0 fully saturated rings. The summed E-state index contributed by atoms with van der Waals surface area (Å²) in [5.74, 6) is 1.55. The van der Waals surface area contributed by atoms with Crippen LogP contribution in [0.1, 0.15) is 49.0 Å². The molecule has 2 aromatic rings. The summed E-state index contributed by atoms with van der Waals surface area (Å²) in [7, 11) is 0. The van der Waals surface area contributed by atoms with E-state index in [-0.39, 0.29) is 0 Å². The summed E-state index contributed by atoms with van der Waals surface area (Å²) < 4.78 is 5.21. The first-order valence-corrected chi connectivity index (χ1v) is 7.64. The molecule has 0 spiro atoms. The Kier molecular flexibility index (Phi) is 5.51. The SMILES string of the molecule is Cc1noc(C)c1CCNC(CC(C)C)c1ccccn1. The zero-order chi connectivity index (χ0) is 15.2. The minimum absolute atomic E-state index is 0.298. The number of aryl methyl sites for hydroxylation is 2. The maximum absolute atomic E-state index is 5.21. The van der Waals surface area contributed by atoms with Gasteiger partial charge in [0, 0.05) is 17.8 Å². The van der Waals surface area contributed by atoms with Crippen molar-refractivity contribution in [2.45, 2.75) is 46.6 Å². The van der Waals surface area contributed by atoms with E-state index >= 15 is 0 Å². The van der Waals surface area contributed by atoms with Crippen LogP contribution in [0, 0.1) is 19.8 Å². The van der Waals surface area contributed by atoms with Crippen molar-refractivity contribution >= 4 is 0 Å². The average molecular weight is 287 g/mol. The highest BCUT2D eigenvalue weighted by Crippen LogP contribution is 2.19. The standard InChI is InChI=1S/C17H25N3O/c1-12(2)11-17(16-7-5-6-9-18-16)19-10-8-15-13(3)20-21-14(15)4/h5-7,9,12,17,19H,8,10-11H2,1-4H3. The van der Waals surface area contributed by atoms with Crippen molar-refractivity contribution in [2.24, 2.45) is 5.92 Å². The van der Waals surface area contributed by atoms with Gasteiger partial charge in [0.2, 0.25) is 0 Å². The van der Waals surface area contributed by atoms with E-state index in [1.165, 1.54) is 5.56 Å². The summed E-state index contributed by atoms with van der Waals surface area (Å²) in [5, 5.41) is 7.63. The van der Waals surface area contributed by atoms with Crippen molar-refractivity contribution in [3.8, 4) is 0 Å². The zero-order valence-corrected chi connectivity index (χ0v) is 13.4. The third kappa shape index (κ3) is 4.39. The summed E-state index contributed by atoms with van der Waals surface area (Å²) in [6.45, 7) is 9.35. The molecule has 1 unspecified atom stereocenters. The maximum Gasteiger partial charge on any atom is 0.137 e. The summed E-state index contributed by atoms with van der Waals surface area (Å²) >= 11 is 0. The van der Waals surface area contributed by atoms with Crippen LogP contribution < -0.4 is 5.32 Å². The Balaban J connectivity index is 1.97. The second-order valence-corrected chi connectivity index (χ2v) is 5.94. The third-order valence-corrected chi connectivity index (χ3v) is 3.70. The van der Waals surface area contributed by atoms with Crippen LogP contribution in [0.3, 0.4) is 0 Å². The smallest absolute Gasteiger partial charge is 0.137 e. The summed E-state index contributed by atoms with van der Waals surface area (Å²) in [6.07, 6.45) is 3.87. The Labute approximate surface area is 127 Å². The van der Waals surface area contributed by atoms with Gasteiger partial charge in [0.1, 0.15) is 5.76 Å². The number of pyridine rings is 1. The molecule has 0 amide bonds. The molecule has 1 atom stereocenters. The van der Waals surface area contributed by atoms with E-state index in [0.29, 0.717) is 12.0 Å². The van der Waals surface area contributed by atoms with Gasteiger partial charge in [0.05, 0.1) is 11.4 Å². The second-order valence-electron chi connectivity index (χ2n) is 5.94. The Hall–Kier alpha value is -1.68. The van der Waals surface area contributed by atoms with Crippen molar-refractivity contribution in [3.05, 3.63) is 47.1 Å². The van der Waals surface area contributed by atoms with Crippen LogP contribution in [-0.4, -0.2) is 16.7 Å². The molecule has 0 saturated heterocycles. The summed E-state index contributed by atoms with van der Waals surface area (Å²) in [4.78, 5) is 4.49. The maximum atomic E-state index is 5.21. The fourth-order valence-corrected chi connectivity index (χ4v) is 2.59. The molecule has 0 aliphatic carbocycles. The van der Waals surface area contributed by atoms with Gasteiger partial charge in [-0.3, -0.25) is 4.98 Å². The normalized spacial score (nSPS) is 12.8. The van der Waals surface area contributed by atoms with Gasteiger partial charge in [0.15, 0.2) is 0 Å². The molecule has 2 rings (SSSR count). The fraction of sp³-hybridized carbons (Fsp3) is 0.529. The number of aromatic nitrogens is 2. The van der Waals surface area contributed by atoms with E-state index in [1.807, 2.05) is 32.2 Å². The molecule has 0 aromatic carbocycles. The highest BCUT2D eigenvalue weighted by atomic mass is 16.5. The molecule has 0 radical (unpaired) electrons. The molecular weight excluding hydrogens is 262 g/mol. The van der Waals surface area contributed by atoms with E-state index in [9.17, 15) is 0 Å². The zero-order valence-electron chi connectivity index (χ0n) is 13.4. The van der Waals surface area contributed by atoms with Gasteiger partial charge in [-0.2, -0.15) is 0 Å². The number of hydrogen-bond donors (Lipinski definition) is 1. The van der Waals surface area contributed by atoms with Crippen molar-refractivity contribution in [2.75, 3.05) is 6.54 Å². The monoisotopic (exact) mass is 287 g/mol. The Morgan fingerprint density at radius 1 is 1.24 bits per heavy atom. The Bertz CT molecular complexity index is 529. The predicted molar refractivity (Wildman–Crippen MR) is 84.1 cm³/mol. The molecule has 21 heavy (non-hydrogen) atoms. The first kappa shape index (κ1) is 15.7. The molecular formula is C17H25N3O. The molecule has 0 bridgehead atoms. The van der Waals surface area contributed by atoms with E-state index in [0.717, 1.165) is 36.5 Å². The average Bonchev–Trinajstić information content (AvgIpc) is 2.78. The summed E-state index contributed by atoms with van der Waals surface area (Å²) in [5.41, 5.74) is 3.32. The van der Waals surface area contributed by atoms with Crippen LogP contribution in [0.5, 0.6) is 0 Å². The molecule has 2 aromatic heterocycles. The number of nitrogens with one attached hydrogen (secondary N) is 1. The van der Waals surface area contributed by atoms with Crippen LogP contribution in [0.2, 0.25) is 0 Å². The molecule has 4 heteroatoms. The minimum Gasteiger partial charge on any atom is -0.361 e. The Morgan fingerprint density at radius 2 is 2.05 bits per heavy atom. The van der Waals surface area contributed by atoms with Gasteiger partial charge in [-0.05, 0) is 51.3 Å². The quantitative estimate of drug-likeness (QED) is 0.845. The molecule has 0 aliphatic heterocycles. The lowest BCUT2D eigenvalue weighted by Gasteiger charge is -2.20. The largest absolute Gasteiger partial charge is 0.361 e. The van der Waals surface area contributed by atoms with E-state index in [4.69, 9.17) is 4.52 Å². The lowest BCUT2D eigenvalue weighted by molar-refractivity contribution is 0.391. The molecule has 2 heterocycles. The highest BCUT2D eigenvalue weighted by molar-refractivity contribution is 5.21. The number of rotatable bonds is 7. The van der Waals surface area contributed by atoms with Gasteiger partial charge < -0.3 is 9.84 Å². The number of nitrogens with zero attached hydrogens (tertiary/aromatic N) is 2. The van der Waals surface area contributed by atoms with Gasteiger partial charge in [-0.1, -0.05) is 25.1 Å². The van der Waals surface area contributed by atoms with Gasteiger partial charge in [0.25, 0.3) is 0 Å². The van der Waals surface area contributed by atoms with Gasteiger partial charge in [-0.15, -0.1) is 0 Å². The van der Waals surface area contributed by atoms with Crippen LogP contribution in [0.4, 0.5) is 0 Å². The summed E-state index contributed by atoms with van der Waals surface area (Å²) in [6, 6.07) is 6.40. The van der Waals surface area contributed by atoms with Crippen molar-refractivity contribution in [1.29, 1.82) is 0 Å². The van der Waals surface area contributed by atoms with Gasteiger partial charge in [-0.25, -0.2) is 0 Å². The lowest BCUT2D eigenvalue weighted by Crippen LogP contribution is -2.26. The molecule has 1 N–H and O–H groups in total. The highest BCUT2D eigenvalue weighted by Gasteiger charge is 2.15. The molecule has 4 nitrogen and oxygen atoms in total. The first-order valence-electron chi connectivity index (χ1n) is 7.64. The second kappa shape index (κ2) is 7.36. The molecule has 0 aliphatic rings.